The largest absolute Gasteiger partial charge is 0.477 e. The average molecular weight is 397 g/mol. The van der Waals surface area contributed by atoms with Crippen LogP contribution in [-0.2, 0) is 16.8 Å². The van der Waals surface area contributed by atoms with Gasteiger partial charge >= 0.3 is 16.3 Å². The maximum atomic E-state index is 11.6. The van der Waals surface area contributed by atoms with Crippen molar-refractivity contribution < 1.29 is 22.9 Å². The third-order valence-electron chi connectivity index (χ3n) is 3.83. The second-order valence-electron chi connectivity index (χ2n) is 5.41. The van der Waals surface area contributed by atoms with Crippen molar-refractivity contribution in [2.45, 2.75) is 6.54 Å². The highest BCUT2D eigenvalue weighted by Gasteiger charge is 2.21. The first-order valence-electron chi connectivity index (χ1n) is 7.23. The second-order valence-corrected chi connectivity index (χ2v) is 7.19. The summed E-state index contributed by atoms with van der Waals surface area (Å²) in [7, 11) is -3.28. The van der Waals surface area contributed by atoms with E-state index in [0.717, 1.165) is 0 Å². The van der Waals surface area contributed by atoms with Crippen molar-refractivity contribution in [3.8, 4) is 0 Å². The quantitative estimate of drug-likeness (QED) is 0.499. The number of nitrogens with zero attached hydrogens (tertiary/aromatic N) is 4. The van der Waals surface area contributed by atoms with E-state index in [1.807, 2.05) is 0 Å². The van der Waals surface area contributed by atoms with Gasteiger partial charge in [-0.05, 0) is 29.3 Å². The van der Waals surface area contributed by atoms with Crippen LogP contribution in [0.4, 0.5) is 5.69 Å². The maximum absolute atomic E-state index is 11.6. The number of carboxylic acid groups (broad SMARTS) is 1. The molecule has 0 aliphatic carbocycles. The number of aromatic carboxylic acids is 1. The van der Waals surface area contributed by atoms with Gasteiger partial charge in [-0.2, -0.15) is 13.4 Å². The van der Waals surface area contributed by atoms with Crippen LogP contribution < -0.4 is 4.31 Å². The highest BCUT2D eigenvalue weighted by atomic mass is 35.5. The Balaban J connectivity index is 2.17. The molecule has 3 rings (SSSR count). The molecule has 0 saturated carbocycles. The summed E-state index contributed by atoms with van der Waals surface area (Å²) >= 11 is 5.82. The second kappa shape index (κ2) is 6.56. The molecule has 0 atom stereocenters. The van der Waals surface area contributed by atoms with Crippen LogP contribution in [0.3, 0.4) is 0 Å². The van der Waals surface area contributed by atoms with Crippen molar-refractivity contribution in [2.24, 2.45) is 0 Å². The molecule has 0 bridgehead atoms. The van der Waals surface area contributed by atoms with E-state index in [1.54, 1.807) is 18.2 Å². The smallest absolute Gasteiger partial charge is 0.359 e. The number of hydrogen-bond donors (Lipinski definition) is 2. The highest BCUT2D eigenvalue weighted by Crippen LogP contribution is 2.26. The molecule has 9 nitrogen and oxygen atoms in total. The van der Waals surface area contributed by atoms with E-state index in [-0.39, 0.29) is 23.2 Å². The molecule has 1 aromatic carbocycles. The number of rotatable bonds is 5. The summed E-state index contributed by atoms with van der Waals surface area (Å²) in [4.78, 5) is 19.5. The lowest BCUT2D eigenvalue weighted by Crippen LogP contribution is -2.26. The van der Waals surface area contributed by atoms with Gasteiger partial charge in [0, 0.05) is 18.6 Å². The van der Waals surface area contributed by atoms with E-state index in [4.69, 9.17) is 11.6 Å². The zero-order valence-corrected chi connectivity index (χ0v) is 14.9. The lowest BCUT2D eigenvalue weighted by molar-refractivity contribution is 0.0686. The molecule has 11 heteroatoms. The Hall–Kier alpha value is -2.69. The summed E-state index contributed by atoms with van der Waals surface area (Å²) in [6.07, 6.45) is 1.41. The maximum Gasteiger partial charge on any atom is 0.359 e. The van der Waals surface area contributed by atoms with Gasteiger partial charge in [-0.1, -0.05) is 18.2 Å². The number of benzene rings is 1. The molecular weight excluding hydrogens is 384 g/mol. The summed E-state index contributed by atoms with van der Waals surface area (Å²) in [5.74, 6) is -1.18. The van der Waals surface area contributed by atoms with Crippen LogP contribution >= 0.6 is 11.6 Å². The highest BCUT2D eigenvalue weighted by molar-refractivity contribution is 7.87. The van der Waals surface area contributed by atoms with Crippen molar-refractivity contribution in [1.82, 2.24) is 14.5 Å². The van der Waals surface area contributed by atoms with Crippen LogP contribution in [0.1, 0.15) is 16.1 Å². The number of aromatic nitrogens is 3. The van der Waals surface area contributed by atoms with Gasteiger partial charge in [0.25, 0.3) is 0 Å². The number of para-hydroxylation sites is 1. The molecule has 0 spiro atoms. The van der Waals surface area contributed by atoms with Gasteiger partial charge in [0.05, 0.1) is 12.2 Å². The molecular formula is C15H13ClN4O5S. The molecule has 0 aliphatic rings. The van der Waals surface area contributed by atoms with Gasteiger partial charge in [-0.25, -0.2) is 9.78 Å². The van der Waals surface area contributed by atoms with Crippen molar-refractivity contribution in [3.63, 3.8) is 0 Å². The van der Waals surface area contributed by atoms with E-state index in [2.05, 4.69) is 9.97 Å². The standard InChI is InChI=1S/C15H13ClN4O5S/c1-19(26(23,24)25)11-5-3-2-4-9(11)8-20-12(14(21)22)6-10-7-17-15(16)18-13(10)20/h2-7H,8H2,1H3,(H,21,22)(H,23,24,25). The monoisotopic (exact) mass is 396 g/mol. The topological polar surface area (TPSA) is 126 Å². The molecule has 2 aromatic heterocycles. The van der Waals surface area contributed by atoms with Gasteiger partial charge in [0.2, 0.25) is 5.28 Å². The average Bonchev–Trinajstić information content (AvgIpc) is 2.92. The predicted octanol–water partition coefficient (Wildman–Crippen LogP) is 2.07. The number of anilines is 1. The predicted molar refractivity (Wildman–Crippen MR) is 95.0 cm³/mol. The van der Waals surface area contributed by atoms with E-state index in [1.165, 1.54) is 29.9 Å². The van der Waals surface area contributed by atoms with E-state index >= 15 is 0 Å². The third kappa shape index (κ3) is 3.34. The Labute approximate surface area is 153 Å². The first-order valence-corrected chi connectivity index (χ1v) is 9.00. The Kier molecular flexibility index (Phi) is 4.57. The molecule has 0 amide bonds. The van der Waals surface area contributed by atoms with Crippen molar-refractivity contribution in [1.29, 1.82) is 0 Å². The van der Waals surface area contributed by atoms with Crippen LogP contribution in [-0.4, -0.2) is 45.6 Å². The third-order valence-corrected chi connectivity index (χ3v) is 4.90. The van der Waals surface area contributed by atoms with Crippen LogP contribution in [0.25, 0.3) is 11.0 Å². The SMILES string of the molecule is CN(c1ccccc1Cn1c(C(=O)O)cc2cnc(Cl)nc21)S(=O)(=O)O. The zero-order valence-electron chi connectivity index (χ0n) is 13.4. The molecule has 3 aromatic rings. The zero-order chi connectivity index (χ0) is 19.1. The summed E-state index contributed by atoms with van der Waals surface area (Å²) in [6, 6.07) is 7.80. The van der Waals surface area contributed by atoms with Gasteiger partial charge in [0.1, 0.15) is 11.3 Å². The van der Waals surface area contributed by atoms with E-state index < -0.39 is 16.3 Å². The van der Waals surface area contributed by atoms with Crippen LogP contribution in [0, 0.1) is 0 Å². The first-order chi connectivity index (χ1) is 12.2. The first kappa shape index (κ1) is 18.1. The van der Waals surface area contributed by atoms with Crippen molar-refractivity contribution >= 4 is 44.6 Å². The number of carbonyl (C=O) groups is 1. The molecule has 0 fully saturated rings. The molecule has 136 valence electrons. The van der Waals surface area contributed by atoms with Gasteiger partial charge in [-0.15, -0.1) is 0 Å². The molecule has 0 radical (unpaired) electrons. The Morgan fingerprint density at radius 2 is 2.04 bits per heavy atom. The van der Waals surface area contributed by atoms with Gasteiger partial charge in [0.15, 0.2) is 0 Å². The lowest BCUT2D eigenvalue weighted by atomic mass is 10.1. The Bertz CT molecular complexity index is 1110. The molecule has 2 N–H and O–H groups in total. The van der Waals surface area contributed by atoms with E-state index in [0.29, 0.717) is 20.9 Å². The number of halogens is 1. The minimum absolute atomic E-state index is 0.00545. The summed E-state index contributed by atoms with van der Waals surface area (Å²) in [5.41, 5.74) is 0.906. The minimum Gasteiger partial charge on any atom is -0.477 e. The van der Waals surface area contributed by atoms with Crippen molar-refractivity contribution in [3.05, 3.63) is 53.1 Å². The van der Waals surface area contributed by atoms with Crippen molar-refractivity contribution in [2.75, 3.05) is 11.4 Å². The molecule has 0 unspecified atom stereocenters. The molecule has 0 saturated heterocycles. The summed E-state index contributed by atoms with van der Waals surface area (Å²) < 4.78 is 34.3. The number of carboxylic acids is 1. The van der Waals surface area contributed by atoms with Crippen LogP contribution in [0.2, 0.25) is 5.28 Å². The summed E-state index contributed by atoms with van der Waals surface area (Å²) in [5, 5.41) is 9.91. The molecule has 2 heterocycles. The van der Waals surface area contributed by atoms with Crippen LogP contribution in [0.5, 0.6) is 0 Å². The Morgan fingerprint density at radius 1 is 1.35 bits per heavy atom. The minimum atomic E-state index is -4.47. The normalized spacial score (nSPS) is 11.7. The fourth-order valence-corrected chi connectivity index (χ4v) is 3.16. The fourth-order valence-electron chi connectivity index (χ4n) is 2.60. The lowest BCUT2D eigenvalue weighted by Gasteiger charge is -2.19. The summed E-state index contributed by atoms with van der Waals surface area (Å²) in [6.45, 7) is -0.00545. The van der Waals surface area contributed by atoms with Gasteiger partial charge in [-0.3, -0.25) is 8.86 Å². The fraction of sp³-hybridized carbons (Fsp3) is 0.133. The number of fused-ring (bicyclic) bond motifs is 1. The molecule has 26 heavy (non-hydrogen) atoms. The Morgan fingerprint density at radius 3 is 2.69 bits per heavy atom. The number of hydrogen-bond acceptors (Lipinski definition) is 5. The van der Waals surface area contributed by atoms with E-state index in [9.17, 15) is 22.9 Å². The molecule has 0 aliphatic heterocycles. The van der Waals surface area contributed by atoms with Gasteiger partial charge < -0.3 is 9.67 Å². The van der Waals surface area contributed by atoms with Crippen LogP contribution in [0.15, 0.2) is 36.5 Å².